The van der Waals surface area contributed by atoms with Crippen LogP contribution in [0.15, 0.2) is 72.8 Å². The molecule has 0 saturated heterocycles. The van der Waals surface area contributed by atoms with Gasteiger partial charge in [0.25, 0.3) is 11.6 Å². The number of nitro benzene ring substituents is 1. The molecule has 31 heavy (non-hydrogen) atoms. The minimum atomic E-state index is -0.692. The summed E-state index contributed by atoms with van der Waals surface area (Å²) in [5.74, 6) is -0.781. The van der Waals surface area contributed by atoms with Crippen LogP contribution in [-0.4, -0.2) is 23.4 Å². The van der Waals surface area contributed by atoms with Crippen molar-refractivity contribution < 1.29 is 24.0 Å². The molecule has 158 valence electrons. The molecule has 3 aromatic rings. The van der Waals surface area contributed by atoms with Crippen LogP contribution in [0.5, 0.6) is 5.75 Å². The third-order valence-electron chi connectivity index (χ3n) is 4.30. The number of carbonyl (C=O) groups excluding carboxylic acids is 2. The standard InChI is InChI=1S/C23H20N2O6/c1-16-7-12-20(21(13-16)25(28)29)24-22(26)15-31-23(27)18-8-10-19(11-9-18)30-14-17-5-3-2-4-6-17/h2-13H,14-15H2,1H3,(H,24,26). The van der Waals surface area contributed by atoms with Crippen molar-refractivity contribution in [3.05, 3.63) is 99.6 Å². The van der Waals surface area contributed by atoms with Crippen LogP contribution in [-0.2, 0) is 16.1 Å². The molecule has 0 spiro atoms. The Kier molecular flexibility index (Phi) is 6.95. The number of carbonyl (C=O) groups is 2. The molecule has 8 nitrogen and oxygen atoms in total. The number of nitrogens with one attached hydrogen (secondary N) is 1. The molecule has 0 aliphatic heterocycles. The molecule has 0 aliphatic rings. The van der Waals surface area contributed by atoms with E-state index >= 15 is 0 Å². The number of anilines is 1. The van der Waals surface area contributed by atoms with Gasteiger partial charge in [0.15, 0.2) is 6.61 Å². The van der Waals surface area contributed by atoms with Crippen molar-refractivity contribution in [2.24, 2.45) is 0 Å². The van der Waals surface area contributed by atoms with Crippen LogP contribution < -0.4 is 10.1 Å². The van der Waals surface area contributed by atoms with E-state index in [0.717, 1.165) is 5.56 Å². The van der Waals surface area contributed by atoms with Crippen molar-refractivity contribution in [3.8, 4) is 5.75 Å². The summed E-state index contributed by atoms with van der Waals surface area (Å²) in [4.78, 5) is 34.7. The van der Waals surface area contributed by atoms with Gasteiger partial charge in [0.1, 0.15) is 18.0 Å². The van der Waals surface area contributed by atoms with Crippen LogP contribution in [0.4, 0.5) is 11.4 Å². The molecule has 1 N–H and O–H groups in total. The normalized spacial score (nSPS) is 10.2. The lowest BCUT2D eigenvalue weighted by atomic mass is 10.2. The topological polar surface area (TPSA) is 108 Å². The fourth-order valence-corrected chi connectivity index (χ4v) is 2.73. The van der Waals surface area contributed by atoms with E-state index in [0.29, 0.717) is 17.9 Å². The van der Waals surface area contributed by atoms with E-state index in [2.05, 4.69) is 5.32 Å². The molecule has 0 radical (unpaired) electrons. The lowest BCUT2D eigenvalue weighted by Crippen LogP contribution is -2.21. The first-order chi connectivity index (χ1) is 14.9. The number of rotatable bonds is 8. The molecule has 8 heteroatoms. The van der Waals surface area contributed by atoms with Crippen LogP contribution in [0.3, 0.4) is 0 Å². The van der Waals surface area contributed by atoms with Crippen molar-refractivity contribution in [3.63, 3.8) is 0 Å². The highest BCUT2D eigenvalue weighted by molar-refractivity contribution is 5.96. The Morgan fingerprint density at radius 1 is 1.00 bits per heavy atom. The number of esters is 1. The fraction of sp³-hybridized carbons (Fsp3) is 0.130. The third kappa shape index (κ3) is 6.14. The Morgan fingerprint density at radius 2 is 1.71 bits per heavy atom. The van der Waals surface area contributed by atoms with Gasteiger partial charge < -0.3 is 14.8 Å². The van der Waals surface area contributed by atoms with Gasteiger partial charge in [-0.25, -0.2) is 4.79 Å². The first kappa shape index (κ1) is 21.5. The number of benzene rings is 3. The average Bonchev–Trinajstić information content (AvgIpc) is 2.78. The summed E-state index contributed by atoms with van der Waals surface area (Å²) in [6.45, 7) is 1.53. The maximum absolute atomic E-state index is 12.2. The lowest BCUT2D eigenvalue weighted by Gasteiger charge is -2.09. The van der Waals surface area contributed by atoms with Gasteiger partial charge in [0.2, 0.25) is 0 Å². The highest BCUT2D eigenvalue weighted by Crippen LogP contribution is 2.25. The number of nitrogens with zero attached hydrogens (tertiary/aromatic N) is 1. The van der Waals surface area contributed by atoms with Crippen LogP contribution in [0.2, 0.25) is 0 Å². The van der Waals surface area contributed by atoms with E-state index in [4.69, 9.17) is 9.47 Å². The molecule has 0 saturated carbocycles. The zero-order chi connectivity index (χ0) is 22.2. The zero-order valence-corrected chi connectivity index (χ0v) is 16.7. The molecule has 0 bridgehead atoms. The second kappa shape index (κ2) is 10.0. The monoisotopic (exact) mass is 420 g/mol. The van der Waals surface area contributed by atoms with E-state index in [1.54, 1.807) is 25.1 Å². The Hall–Kier alpha value is -4.20. The third-order valence-corrected chi connectivity index (χ3v) is 4.30. The number of hydrogen-bond acceptors (Lipinski definition) is 6. The highest BCUT2D eigenvalue weighted by Gasteiger charge is 2.17. The second-order valence-electron chi connectivity index (χ2n) is 6.70. The quantitative estimate of drug-likeness (QED) is 0.331. The molecule has 3 aromatic carbocycles. The van der Waals surface area contributed by atoms with Gasteiger partial charge in [-0.05, 0) is 48.4 Å². The van der Waals surface area contributed by atoms with Gasteiger partial charge >= 0.3 is 5.97 Å². The summed E-state index contributed by atoms with van der Waals surface area (Å²) in [6, 6.07) is 20.4. The summed E-state index contributed by atoms with van der Waals surface area (Å²) in [5, 5.41) is 13.5. The van der Waals surface area contributed by atoms with Gasteiger partial charge in [-0.2, -0.15) is 0 Å². The molecule has 1 amide bonds. The number of ether oxygens (including phenoxy) is 2. The van der Waals surface area contributed by atoms with E-state index in [1.165, 1.54) is 24.3 Å². The Morgan fingerprint density at radius 3 is 2.39 bits per heavy atom. The van der Waals surface area contributed by atoms with E-state index in [-0.39, 0.29) is 16.9 Å². The summed E-state index contributed by atoms with van der Waals surface area (Å²) >= 11 is 0. The maximum Gasteiger partial charge on any atom is 0.338 e. The summed E-state index contributed by atoms with van der Waals surface area (Å²) in [7, 11) is 0. The molecule has 3 rings (SSSR count). The SMILES string of the molecule is Cc1ccc(NC(=O)COC(=O)c2ccc(OCc3ccccc3)cc2)c([N+](=O)[O-])c1. The van der Waals surface area contributed by atoms with E-state index in [1.807, 2.05) is 30.3 Å². The molecular formula is C23H20N2O6. The zero-order valence-electron chi connectivity index (χ0n) is 16.7. The van der Waals surface area contributed by atoms with E-state index < -0.39 is 23.4 Å². The van der Waals surface area contributed by atoms with Crippen LogP contribution >= 0.6 is 0 Å². The number of hydrogen-bond donors (Lipinski definition) is 1. The van der Waals surface area contributed by atoms with Crippen molar-refractivity contribution in [1.82, 2.24) is 0 Å². The molecular weight excluding hydrogens is 400 g/mol. The first-order valence-corrected chi connectivity index (χ1v) is 9.41. The summed E-state index contributed by atoms with van der Waals surface area (Å²) in [5.41, 5.74) is 1.77. The van der Waals surface area contributed by atoms with Crippen molar-refractivity contribution in [1.29, 1.82) is 0 Å². The fourth-order valence-electron chi connectivity index (χ4n) is 2.73. The van der Waals surface area contributed by atoms with Gasteiger partial charge in [0, 0.05) is 6.07 Å². The summed E-state index contributed by atoms with van der Waals surface area (Å²) < 4.78 is 10.7. The molecule has 0 unspecified atom stereocenters. The molecule has 0 heterocycles. The second-order valence-corrected chi connectivity index (χ2v) is 6.70. The van der Waals surface area contributed by atoms with Gasteiger partial charge in [-0.15, -0.1) is 0 Å². The smallest absolute Gasteiger partial charge is 0.338 e. The van der Waals surface area contributed by atoms with E-state index in [9.17, 15) is 19.7 Å². The van der Waals surface area contributed by atoms with Crippen molar-refractivity contribution >= 4 is 23.3 Å². The van der Waals surface area contributed by atoms with Gasteiger partial charge in [-0.1, -0.05) is 36.4 Å². The maximum atomic E-state index is 12.2. The Bertz CT molecular complexity index is 1080. The average molecular weight is 420 g/mol. The first-order valence-electron chi connectivity index (χ1n) is 9.41. The van der Waals surface area contributed by atoms with Crippen molar-refractivity contribution in [2.45, 2.75) is 13.5 Å². The lowest BCUT2D eigenvalue weighted by molar-refractivity contribution is -0.384. The molecule has 0 atom stereocenters. The van der Waals surface area contributed by atoms with Gasteiger partial charge in [-0.3, -0.25) is 14.9 Å². The predicted octanol–water partition coefficient (Wildman–Crippen LogP) is 4.28. The molecule has 0 fully saturated rings. The Labute approximate surface area is 178 Å². The number of nitro groups is 1. The minimum absolute atomic E-state index is 0.0385. The number of amides is 1. The van der Waals surface area contributed by atoms with Crippen LogP contribution in [0.25, 0.3) is 0 Å². The predicted molar refractivity (Wildman–Crippen MR) is 114 cm³/mol. The molecule has 0 aliphatic carbocycles. The van der Waals surface area contributed by atoms with Crippen LogP contribution in [0, 0.1) is 17.0 Å². The summed E-state index contributed by atoms with van der Waals surface area (Å²) in [6.07, 6.45) is 0. The highest BCUT2D eigenvalue weighted by atomic mass is 16.6. The van der Waals surface area contributed by atoms with Crippen LogP contribution in [0.1, 0.15) is 21.5 Å². The minimum Gasteiger partial charge on any atom is -0.489 e. The molecule has 0 aromatic heterocycles. The largest absolute Gasteiger partial charge is 0.489 e. The van der Waals surface area contributed by atoms with Crippen molar-refractivity contribution in [2.75, 3.05) is 11.9 Å². The number of aryl methyl sites for hydroxylation is 1. The Balaban J connectivity index is 1.51. The van der Waals surface area contributed by atoms with Gasteiger partial charge in [0.05, 0.1) is 10.5 Å².